The van der Waals surface area contributed by atoms with E-state index >= 15 is 0 Å². The highest BCUT2D eigenvalue weighted by Gasteiger charge is 2.29. The maximum atomic E-state index is 12.8. The van der Waals surface area contributed by atoms with Gasteiger partial charge >= 0.3 is 11.9 Å². The highest BCUT2D eigenvalue weighted by Crippen LogP contribution is 2.38. The van der Waals surface area contributed by atoms with Gasteiger partial charge in [-0.25, -0.2) is 13.2 Å². The van der Waals surface area contributed by atoms with E-state index in [0.717, 1.165) is 48.1 Å². The molecule has 3 aromatic rings. The van der Waals surface area contributed by atoms with Crippen molar-refractivity contribution in [2.45, 2.75) is 39.2 Å². The number of esters is 2. The molecule has 2 aromatic heterocycles. The van der Waals surface area contributed by atoms with Crippen molar-refractivity contribution in [1.29, 1.82) is 0 Å². The second-order valence-corrected chi connectivity index (χ2v) is 13.4. The van der Waals surface area contributed by atoms with E-state index in [1.54, 1.807) is 6.92 Å². The fraction of sp³-hybridized carbons (Fsp3) is 0.400. The lowest BCUT2D eigenvalue weighted by Gasteiger charge is -2.12. The number of non-ortho nitro benzene ring substituents is 1. The van der Waals surface area contributed by atoms with Crippen LogP contribution in [0.1, 0.15) is 40.6 Å². The summed E-state index contributed by atoms with van der Waals surface area (Å²) in [6.45, 7) is 1.40. The van der Waals surface area contributed by atoms with Crippen LogP contribution in [0.5, 0.6) is 0 Å². The first kappa shape index (κ1) is 31.0. The summed E-state index contributed by atoms with van der Waals surface area (Å²) in [7, 11) is -3.15. The van der Waals surface area contributed by atoms with Crippen molar-refractivity contribution in [1.82, 2.24) is 4.57 Å². The van der Waals surface area contributed by atoms with E-state index in [1.807, 2.05) is 0 Å². The SMILES string of the molecule is CCOC(=O)c1c(NC(=O)CS(=O)(=O)CC(=O)N=c2sc3cc([N+](=O)[O-])ccc3n2CC(=O)OC)sc2c1CCCC2. The minimum absolute atomic E-state index is 0.0798. The molecule has 2 heterocycles. The normalized spacial score (nSPS) is 13.4. The number of fused-ring (bicyclic) bond motifs is 2. The van der Waals surface area contributed by atoms with E-state index in [0.29, 0.717) is 16.6 Å². The van der Waals surface area contributed by atoms with Gasteiger partial charge in [0.2, 0.25) is 5.91 Å². The Hall–Kier alpha value is -3.96. The van der Waals surface area contributed by atoms with Crippen molar-refractivity contribution in [3.05, 3.63) is 49.1 Å². The molecule has 17 heteroatoms. The maximum Gasteiger partial charge on any atom is 0.341 e. The first-order valence-corrected chi connectivity index (χ1v) is 16.1. The Morgan fingerprint density at radius 1 is 1.14 bits per heavy atom. The molecule has 1 aliphatic rings. The number of benzene rings is 1. The Balaban J connectivity index is 1.55. The highest BCUT2D eigenvalue weighted by molar-refractivity contribution is 7.92. The molecule has 0 saturated heterocycles. The zero-order valence-electron chi connectivity index (χ0n) is 22.5. The predicted octanol–water partition coefficient (Wildman–Crippen LogP) is 2.38. The van der Waals surface area contributed by atoms with Gasteiger partial charge in [0.25, 0.3) is 11.6 Å². The molecule has 224 valence electrons. The molecule has 1 aliphatic carbocycles. The van der Waals surface area contributed by atoms with E-state index in [1.165, 1.54) is 34.1 Å². The number of thiazole rings is 1. The Kier molecular flexibility index (Phi) is 9.53. The first-order valence-electron chi connectivity index (χ1n) is 12.7. The molecular weight excluding hydrogens is 612 g/mol. The van der Waals surface area contributed by atoms with Crippen LogP contribution in [0.2, 0.25) is 0 Å². The van der Waals surface area contributed by atoms with Crippen LogP contribution in [-0.4, -0.2) is 66.9 Å². The molecule has 4 rings (SSSR count). The third-order valence-electron chi connectivity index (χ3n) is 6.21. The summed E-state index contributed by atoms with van der Waals surface area (Å²) in [5.74, 6) is -5.48. The molecule has 0 fully saturated rings. The Bertz CT molecular complexity index is 1770. The summed E-state index contributed by atoms with van der Waals surface area (Å²) in [5, 5.41) is 13.9. The van der Waals surface area contributed by atoms with Gasteiger partial charge < -0.3 is 19.4 Å². The number of nitro groups is 1. The van der Waals surface area contributed by atoms with Gasteiger partial charge in [-0.3, -0.25) is 24.5 Å². The zero-order valence-corrected chi connectivity index (χ0v) is 25.0. The number of thiophene rings is 1. The molecule has 1 N–H and O–H groups in total. The van der Waals surface area contributed by atoms with Crippen molar-refractivity contribution in [3.8, 4) is 0 Å². The fourth-order valence-electron chi connectivity index (χ4n) is 4.42. The van der Waals surface area contributed by atoms with Gasteiger partial charge in [-0.1, -0.05) is 11.3 Å². The van der Waals surface area contributed by atoms with Crippen LogP contribution in [0.4, 0.5) is 10.7 Å². The summed E-state index contributed by atoms with van der Waals surface area (Å²) in [4.78, 5) is 65.3. The number of ether oxygens (including phenoxy) is 2. The number of nitrogens with zero attached hydrogens (tertiary/aromatic N) is 3. The number of carbonyl (C=O) groups excluding carboxylic acids is 4. The van der Waals surface area contributed by atoms with Gasteiger partial charge in [-0.05, 0) is 44.2 Å². The van der Waals surface area contributed by atoms with Gasteiger partial charge in [0, 0.05) is 17.0 Å². The molecule has 0 unspecified atom stereocenters. The van der Waals surface area contributed by atoms with Gasteiger partial charge in [0.1, 0.15) is 23.1 Å². The first-order chi connectivity index (χ1) is 19.9. The molecule has 0 bridgehead atoms. The molecule has 42 heavy (non-hydrogen) atoms. The minimum Gasteiger partial charge on any atom is -0.468 e. The van der Waals surface area contributed by atoms with E-state index < -0.39 is 50.0 Å². The Morgan fingerprint density at radius 2 is 1.88 bits per heavy atom. The molecular formula is C25H26N4O10S3. The summed E-state index contributed by atoms with van der Waals surface area (Å²) in [6, 6.07) is 3.84. The molecule has 2 amide bonds. The van der Waals surface area contributed by atoms with Gasteiger partial charge in [0.15, 0.2) is 14.6 Å². The monoisotopic (exact) mass is 638 g/mol. The second kappa shape index (κ2) is 12.9. The topological polar surface area (TPSA) is 193 Å². The number of methoxy groups -OCH3 is 1. The standard InChI is InChI=1S/C25H26N4O10S3/c1-3-39-24(33)22-15-6-4-5-7-17(15)40-23(22)26-19(30)12-42(36,37)13-20(31)27-25-28(11-21(32)38-2)16-9-8-14(29(34)35)10-18(16)41-25/h8-10H,3-7,11-13H2,1-2H3,(H,26,30). The van der Waals surface area contributed by atoms with E-state index in [2.05, 4.69) is 15.0 Å². The molecule has 14 nitrogen and oxygen atoms in total. The number of anilines is 1. The van der Waals surface area contributed by atoms with Gasteiger partial charge in [-0.15, -0.1) is 11.3 Å². The quantitative estimate of drug-likeness (QED) is 0.196. The van der Waals surface area contributed by atoms with Crippen LogP contribution < -0.4 is 10.1 Å². The summed E-state index contributed by atoms with van der Waals surface area (Å²) >= 11 is 2.05. The Labute approximate surface area is 247 Å². The zero-order chi connectivity index (χ0) is 30.6. The Morgan fingerprint density at radius 3 is 2.57 bits per heavy atom. The van der Waals surface area contributed by atoms with E-state index in [4.69, 9.17) is 4.74 Å². The number of nitro benzene ring substituents is 1. The summed E-state index contributed by atoms with van der Waals surface area (Å²) in [5.41, 5.74) is 1.15. The average molecular weight is 639 g/mol. The third-order valence-corrected chi connectivity index (χ3v) is 9.85. The number of hydrogen-bond acceptors (Lipinski definition) is 12. The molecule has 0 atom stereocenters. The maximum absolute atomic E-state index is 12.8. The molecule has 0 aliphatic heterocycles. The minimum atomic E-state index is -4.31. The second-order valence-electron chi connectivity index (χ2n) is 9.18. The van der Waals surface area contributed by atoms with Crippen LogP contribution in [0.3, 0.4) is 0 Å². The van der Waals surface area contributed by atoms with Crippen LogP contribution in [-0.2, 0) is 53.1 Å². The van der Waals surface area contributed by atoms with Crippen LogP contribution in [0, 0.1) is 10.1 Å². The number of hydrogen-bond donors (Lipinski definition) is 1. The number of carbonyl (C=O) groups is 4. The summed E-state index contributed by atoms with van der Waals surface area (Å²) in [6.07, 6.45) is 3.18. The van der Waals surface area contributed by atoms with Crippen LogP contribution >= 0.6 is 22.7 Å². The average Bonchev–Trinajstić information content (AvgIpc) is 3.44. The highest BCUT2D eigenvalue weighted by atomic mass is 32.2. The van der Waals surface area contributed by atoms with Crippen LogP contribution in [0.15, 0.2) is 23.2 Å². The smallest absolute Gasteiger partial charge is 0.341 e. The molecule has 1 aromatic carbocycles. The lowest BCUT2D eigenvalue weighted by Crippen LogP contribution is -2.29. The number of rotatable bonds is 10. The van der Waals surface area contributed by atoms with Crippen molar-refractivity contribution < 1.29 is 42.0 Å². The number of amides is 2. The van der Waals surface area contributed by atoms with Crippen LogP contribution in [0.25, 0.3) is 10.2 Å². The third kappa shape index (κ3) is 7.08. The van der Waals surface area contributed by atoms with E-state index in [-0.39, 0.29) is 34.2 Å². The lowest BCUT2D eigenvalue weighted by molar-refractivity contribution is -0.384. The van der Waals surface area contributed by atoms with Crippen molar-refractivity contribution >= 4 is 77.2 Å². The van der Waals surface area contributed by atoms with E-state index in [9.17, 15) is 37.7 Å². The molecule has 0 spiro atoms. The largest absolute Gasteiger partial charge is 0.468 e. The fourth-order valence-corrected chi connectivity index (χ4v) is 7.81. The lowest BCUT2D eigenvalue weighted by atomic mass is 9.95. The molecule has 0 radical (unpaired) electrons. The predicted molar refractivity (Wildman–Crippen MR) is 153 cm³/mol. The van der Waals surface area contributed by atoms with Gasteiger partial charge in [-0.2, -0.15) is 4.99 Å². The number of nitrogens with one attached hydrogen (secondary N) is 1. The van der Waals surface area contributed by atoms with Crippen molar-refractivity contribution in [3.63, 3.8) is 0 Å². The number of aromatic nitrogens is 1. The van der Waals surface area contributed by atoms with Gasteiger partial charge in [0.05, 0.1) is 34.4 Å². The van der Waals surface area contributed by atoms with Crippen molar-refractivity contribution in [2.24, 2.45) is 4.99 Å². The molecule has 0 saturated carbocycles. The summed E-state index contributed by atoms with van der Waals surface area (Å²) < 4.78 is 37.0. The number of sulfone groups is 1. The number of aryl methyl sites for hydroxylation is 1. The van der Waals surface area contributed by atoms with Crippen molar-refractivity contribution in [2.75, 3.05) is 30.5 Å².